The van der Waals surface area contributed by atoms with E-state index in [1.807, 2.05) is 24.8 Å². The average Bonchev–Trinajstić information content (AvgIpc) is 2.77. The van der Waals surface area contributed by atoms with Gasteiger partial charge in [0.1, 0.15) is 0 Å². The first-order valence-electron chi connectivity index (χ1n) is 7.08. The minimum atomic E-state index is -0.753. The number of amides is 1. The normalized spacial score (nSPS) is 28.7. The van der Waals surface area contributed by atoms with Crippen LogP contribution in [-0.4, -0.2) is 34.5 Å². The molecule has 2 bridgehead atoms. The van der Waals surface area contributed by atoms with Crippen LogP contribution in [0.15, 0.2) is 6.07 Å². The number of rotatable bonds is 2. The fourth-order valence-corrected chi connectivity index (χ4v) is 4.66. The molecule has 1 aliphatic carbocycles. The summed E-state index contributed by atoms with van der Waals surface area (Å²) in [5, 5.41) is 9.35. The molecule has 1 N–H and O–H groups in total. The number of thiophene rings is 1. The molecule has 4 rings (SSSR count). The second-order valence-electron chi connectivity index (χ2n) is 6.02. The van der Waals surface area contributed by atoms with Crippen molar-refractivity contribution in [1.82, 2.24) is 4.90 Å². The number of hydrogen-bond donors (Lipinski definition) is 1. The maximum atomic E-state index is 12.7. The molecule has 1 aromatic heterocycles. The first-order valence-corrected chi connectivity index (χ1v) is 7.90. The fraction of sp³-hybridized carbons (Fsp3) is 0.600. The van der Waals surface area contributed by atoms with Crippen molar-refractivity contribution in [2.75, 3.05) is 6.54 Å². The third-order valence-electron chi connectivity index (χ3n) is 4.59. The van der Waals surface area contributed by atoms with E-state index in [0.717, 1.165) is 41.1 Å². The summed E-state index contributed by atoms with van der Waals surface area (Å²) < 4.78 is 0. The number of hydrogen-bond acceptors (Lipinski definition) is 3. The number of carbonyl (C=O) groups is 2. The van der Waals surface area contributed by atoms with E-state index in [9.17, 15) is 14.7 Å². The number of nitrogens with zero attached hydrogens (tertiary/aromatic N) is 1. The Labute approximate surface area is 122 Å². The molecule has 1 amide bonds. The highest BCUT2D eigenvalue weighted by Gasteiger charge is 2.46. The van der Waals surface area contributed by atoms with Gasteiger partial charge < -0.3 is 10.0 Å². The second-order valence-corrected chi connectivity index (χ2v) is 7.27. The van der Waals surface area contributed by atoms with Crippen LogP contribution in [0, 0.1) is 25.7 Å². The van der Waals surface area contributed by atoms with E-state index in [1.54, 1.807) is 0 Å². The Morgan fingerprint density at radius 2 is 2.10 bits per heavy atom. The number of piperidine rings is 2. The molecule has 4 nitrogen and oxygen atoms in total. The summed E-state index contributed by atoms with van der Waals surface area (Å²) in [6.45, 7) is 4.67. The lowest BCUT2D eigenvalue weighted by Gasteiger charge is -2.48. The molecule has 1 aromatic rings. The van der Waals surface area contributed by atoms with Crippen LogP contribution in [0.3, 0.4) is 0 Å². The zero-order valence-electron chi connectivity index (χ0n) is 11.8. The number of carboxylic acid groups (broad SMARTS) is 1. The molecule has 2 aliphatic heterocycles. The second kappa shape index (κ2) is 4.88. The van der Waals surface area contributed by atoms with Crippen molar-refractivity contribution in [2.45, 2.75) is 39.2 Å². The van der Waals surface area contributed by atoms with Crippen LogP contribution in [0.5, 0.6) is 0 Å². The molecular weight excluding hydrogens is 274 g/mol. The summed E-state index contributed by atoms with van der Waals surface area (Å²) in [7, 11) is 0. The number of carbonyl (C=O) groups excluding carboxylic acids is 1. The third kappa shape index (κ3) is 2.14. The van der Waals surface area contributed by atoms with Crippen molar-refractivity contribution in [3.8, 4) is 0 Å². The Morgan fingerprint density at radius 3 is 2.65 bits per heavy atom. The monoisotopic (exact) mass is 293 g/mol. The van der Waals surface area contributed by atoms with Gasteiger partial charge in [0, 0.05) is 17.5 Å². The van der Waals surface area contributed by atoms with Gasteiger partial charge in [-0.25, -0.2) is 0 Å². The molecule has 0 radical (unpaired) electrons. The van der Waals surface area contributed by atoms with Crippen LogP contribution in [-0.2, 0) is 4.79 Å². The van der Waals surface area contributed by atoms with E-state index in [0.29, 0.717) is 5.92 Å². The lowest BCUT2D eigenvalue weighted by Crippen LogP contribution is -2.57. The lowest BCUT2D eigenvalue weighted by atomic mass is 9.72. The first kappa shape index (κ1) is 13.6. The Kier molecular flexibility index (Phi) is 3.32. The molecule has 3 atom stereocenters. The van der Waals surface area contributed by atoms with E-state index in [1.165, 1.54) is 11.3 Å². The molecule has 2 saturated heterocycles. The van der Waals surface area contributed by atoms with E-state index in [2.05, 4.69) is 0 Å². The minimum absolute atomic E-state index is 0.0289. The highest BCUT2D eigenvalue weighted by Crippen LogP contribution is 2.40. The van der Waals surface area contributed by atoms with E-state index >= 15 is 0 Å². The van der Waals surface area contributed by atoms with Crippen molar-refractivity contribution in [3.05, 3.63) is 21.4 Å². The molecule has 0 spiro atoms. The Morgan fingerprint density at radius 1 is 1.35 bits per heavy atom. The fourth-order valence-electron chi connectivity index (χ4n) is 3.68. The highest BCUT2D eigenvalue weighted by molar-refractivity contribution is 7.14. The zero-order valence-corrected chi connectivity index (χ0v) is 12.6. The van der Waals surface area contributed by atoms with Crippen LogP contribution in [0.25, 0.3) is 0 Å². The molecule has 108 valence electrons. The Hall–Kier alpha value is -1.36. The van der Waals surface area contributed by atoms with Crippen molar-refractivity contribution in [1.29, 1.82) is 0 Å². The van der Waals surface area contributed by atoms with Crippen molar-refractivity contribution in [2.24, 2.45) is 11.8 Å². The quantitative estimate of drug-likeness (QED) is 0.912. The van der Waals surface area contributed by atoms with E-state index in [4.69, 9.17) is 0 Å². The van der Waals surface area contributed by atoms with Gasteiger partial charge in [-0.15, -0.1) is 11.3 Å². The van der Waals surface area contributed by atoms with Crippen molar-refractivity contribution in [3.63, 3.8) is 0 Å². The summed E-state index contributed by atoms with van der Waals surface area (Å²) in [5.74, 6) is -0.753. The standard InChI is InChI=1S/C15H19NO3S/c1-8-5-9(2)20-13(8)14(17)16-7-10-3-4-12(16)11(6-10)15(18)19/h5,10-12H,3-4,6-7H2,1-2H3,(H,18,19). The predicted molar refractivity (Wildman–Crippen MR) is 77.1 cm³/mol. The number of aliphatic carboxylic acids is 1. The number of fused-ring (bicyclic) bond motifs is 3. The van der Waals surface area contributed by atoms with Gasteiger partial charge in [-0.1, -0.05) is 0 Å². The molecule has 0 aromatic carbocycles. The molecule has 1 saturated carbocycles. The molecule has 3 aliphatic rings. The Bertz CT molecular complexity index is 565. The number of carboxylic acids is 1. The van der Waals surface area contributed by atoms with Gasteiger partial charge in [0.15, 0.2) is 0 Å². The summed E-state index contributed by atoms with van der Waals surface area (Å²) in [4.78, 5) is 27.9. The predicted octanol–water partition coefficient (Wildman–Crippen LogP) is 2.69. The van der Waals surface area contributed by atoms with E-state index in [-0.39, 0.29) is 17.9 Å². The SMILES string of the molecule is Cc1cc(C)c(C(=O)N2CC3CCC2C(C(=O)O)C3)s1. The Balaban J connectivity index is 1.88. The molecule has 3 heterocycles. The number of aryl methyl sites for hydroxylation is 2. The van der Waals surface area contributed by atoms with Gasteiger partial charge in [0.05, 0.1) is 10.8 Å². The highest BCUT2D eigenvalue weighted by atomic mass is 32.1. The summed E-state index contributed by atoms with van der Waals surface area (Å²) >= 11 is 1.51. The smallest absolute Gasteiger partial charge is 0.308 e. The molecule has 3 fully saturated rings. The van der Waals surface area contributed by atoms with Crippen LogP contribution < -0.4 is 0 Å². The lowest BCUT2D eigenvalue weighted by molar-refractivity contribution is -0.148. The topological polar surface area (TPSA) is 57.6 Å². The summed E-state index contributed by atoms with van der Waals surface area (Å²) in [5.41, 5.74) is 1.01. The summed E-state index contributed by atoms with van der Waals surface area (Å²) in [6, 6.07) is 1.90. The van der Waals surface area contributed by atoms with Crippen molar-refractivity contribution < 1.29 is 14.7 Å². The average molecular weight is 293 g/mol. The maximum absolute atomic E-state index is 12.7. The summed E-state index contributed by atoms with van der Waals surface area (Å²) in [6.07, 6.45) is 2.61. The molecule has 20 heavy (non-hydrogen) atoms. The van der Waals surface area contributed by atoms with Gasteiger partial charge in [-0.3, -0.25) is 9.59 Å². The van der Waals surface area contributed by atoms with Gasteiger partial charge in [0.25, 0.3) is 5.91 Å². The molecule has 3 unspecified atom stereocenters. The van der Waals surface area contributed by atoms with Gasteiger partial charge in [-0.05, 0) is 50.7 Å². The van der Waals surface area contributed by atoms with Gasteiger partial charge in [-0.2, -0.15) is 0 Å². The van der Waals surface area contributed by atoms with Crippen LogP contribution in [0.1, 0.15) is 39.4 Å². The van der Waals surface area contributed by atoms with Crippen LogP contribution in [0.2, 0.25) is 0 Å². The van der Waals surface area contributed by atoms with Crippen LogP contribution in [0.4, 0.5) is 0 Å². The maximum Gasteiger partial charge on any atom is 0.308 e. The molecule has 5 heteroatoms. The van der Waals surface area contributed by atoms with Gasteiger partial charge in [0.2, 0.25) is 0 Å². The first-order chi connectivity index (χ1) is 9.47. The third-order valence-corrected chi connectivity index (χ3v) is 5.73. The minimum Gasteiger partial charge on any atom is -0.481 e. The van der Waals surface area contributed by atoms with Crippen LogP contribution >= 0.6 is 11.3 Å². The molecular formula is C15H19NO3S. The van der Waals surface area contributed by atoms with E-state index < -0.39 is 5.97 Å². The largest absolute Gasteiger partial charge is 0.481 e. The zero-order chi connectivity index (χ0) is 14.4. The van der Waals surface area contributed by atoms with Gasteiger partial charge >= 0.3 is 5.97 Å². The van der Waals surface area contributed by atoms with Crippen molar-refractivity contribution >= 4 is 23.2 Å².